The second-order valence-electron chi connectivity index (χ2n) is 9.54. The highest BCUT2D eigenvalue weighted by Gasteiger charge is 2.62. The van der Waals surface area contributed by atoms with Crippen LogP contribution in [0.3, 0.4) is 0 Å². The van der Waals surface area contributed by atoms with Gasteiger partial charge in [0.15, 0.2) is 0 Å². The van der Waals surface area contributed by atoms with Gasteiger partial charge in [-0.15, -0.1) is 0 Å². The lowest BCUT2D eigenvalue weighted by atomic mass is 9.70. The lowest BCUT2D eigenvalue weighted by molar-refractivity contribution is -0.150. The van der Waals surface area contributed by atoms with E-state index in [0.717, 1.165) is 19.3 Å². The number of hydrogen-bond acceptors (Lipinski definition) is 4. The van der Waals surface area contributed by atoms with Crippen LogP contribution in [0.25, 0.3) is 0 Å². The predicted molar refractivity (Wildman–Crippen MR) is 118 cm³/mol. The minimum Gasteiger partial charge on any atom is -0.462 e. The van der Waals surface area contributed by atoms with Gasteiger partial charge in [-0.25, -0.2) is 9.59 Å². The van der Waals surface area contributed by atoms with Gasteiger partial charge in [-0.3, -0.25) is 0 Å². The van der Waals surface area contributed by atoms with Gasteiger partial charge < -0.3 is 9.47 Å². The summed E-state index contributed by atoms with van der Waals surface area (Å²) in [4.78, 5) is 22.4. The molecule has 0 N–H and O–H groups in total. The Hall–Kier alpha value is -1.58. The first kappa shape index (κ1) is 25.5. The van der Waals surface area contributed by atoms with E-state index < -0.39 is 0 Å². The summed E-state index contributed by atoms with van der Waals surface area (Å²) in [5, 5.41) is 0. The highest BCUT2D eigenvalue weighted by Crippen LogP contribution is 2.66. The van der Waals surface area contributed by atoms with E-state index in [0.29, 0.717) is 29.4 Å². The van der Waals surface area contributed by atoms with Gasteiger partial charge in [-0.05, 0) is 49.9 Å². The monoisotopic (exact) mass is 406 g/mol. The first-order chi connectivity index (χ1) is 13.5. The summed E-state index contributed by atoms with van der Waals surface area (Å²) < 4.78 is 10.6. The number of fused-ring (bicyclic) bond motifs is 2. The Balaban J connectivity index is 0.000000291. The SMILES string of the molecule is C=C(C)C(=O)OCC(CC)CCCC.C=CC(=O)O[C@H]1C[C@@H]2CC[C@@]1(C)C2(C)C. The molecule has 2 fully saturated rings. The summed E-state index contributed by atoms with van der Waals surface area (Å²) in [6, 6.07) is 0. The summed E-state index contributed by atoms with van der Waals surface area (Å²) in [6.07, 6.45) is 9.49. The molecule has 29 heavy (non-hydrogen) atoms. The summed E-state index contributed by atoms with van der Waals surface area (Å²) in [5.74, 6) is 0.688. The Bertz CT molecular complexity index is 592. The van der Waals surface area contributed by atoms with E-state index >= 15 is 0 Å². The lowest BCUT2D eigenvalue weighted by Crippen LogP contribution is -2.38. The molecule has 1 unspecified atom stereocenters. The maximum absolute atomic E-state index is 11.3. The predicted octanol–water partition coefficient (Wildman–Crippen LogP) is 6.25. The Labute approximate surface area is 178 Å². The van der Waals surface area contributed by atoms with Gasteiger partial charge in [0.1, 0.15) is 6.10 Å². The van der Waals surface area contributed by atoms with Crippen LogP contribution in [-0.2, 0) is 19.1 Å². The molecular formula is C25H42O4. The van der Waals surface area contributed by atoms with Gasteiger partial charge in [-0.1, -0.05) is 67.0 Å². The van der Waals surface area contributed by atoms with Crippen molar-refractivity contribution in [2.24, 2.45) is 22.7 Å². The Morgan fingerprint density at radius 2 is 1.90 bits per heavy atom. The number of unbranched alkanes of at least 4 members (excludes halogenated alkanes) is 1. The number of ether oxygens (including phenoxy) is 2. The third-order valence-corrected chi connectivity index (χ3v) is 7.48. The Kier molecular flexibility index (Phi) is 9.64. The van der Waals surface area contributed by atoms with Crippen LogP contribution in [0.2, 0.25) is 0 Å². The van der Waals surface area contributed by atoms with Crippen molar-refractivity contribution in [3.05, 3.63) is 24.8 Å². The van der Waals surface area contributed by atoms with Crippen molar-refractivity contribution in [2.75, 3.05) is 6.61 Å². The first-order valence-electron chi connectivity index (χ1n) is 11.2. The fourth-order valence-electron chi connectivity index (χ4n) is 4.71. The highest BCUT2D eigenvalue weighted by atomic mass is 16.5. The van der Waals surface area contributed by atoms with Crippen molar-refractivity contribution in [1.82, 2.24) is 0 Å². The first-order valence-corrected chi connectivity index (χ1v) is 11.2. The molecule has 0 saturated heterocycles. The summed E-state index contributed by atoms with van der Waals surface area (Å²) >= 11 is 0. The molecule has 0 aromatic rings. The molecule has 2 rings (SSSR count). The van der Waals surface area contributed by atoms with Gasteiger partial charge in [-0.2, -0.15) is 0 Å². The normalized spacial score (nSPS) is 27.4. The molecule has 0 heterocycles. The van der Waals surface area contributed by atoms with E-state index in [-0.39, 0.29) is 23.5 Å². The number of carbonyl (C=O) groups excluding carboxylic acids is 2. The second-order valence-corrected chi connectivity index (χ2v) is 9.54. The number of carbonyl (C=O) groups is 2. The van der Waals surface area contributed by atoms with Crippen LogP contribution in [0.5, 0.6) is 0 Å². The van der Waals surface area contributed by atoms with Crippen molar-refractivity contribution >= 4 is 11.9 Å². The number of hydrogen-bond donors (Lipinski definition) is 0. The van der Waals surface area contributed by atoms with Crippen LogP contribution in [0.4, 0.5) is 0 Å². The van der Waals surface area contributed by atoms with Crippen LogP contribution < -0.4 is 0 Å². The minimum absolute atomic E-state index is 0.0942. The molecule has 0 aliphatic heterocycles. The molecule has 2 aliphatic rings. The molecular weight excluding hydrogens is 364 g/mol. The van der Waals surface area contributed by atoms with Crippen LogP contribution in [0.15, 0.2) is 24.8 Å². The van der Waals surface area contributed by atoms with Crippen molar-refractivity contribution in [2.45, 2.75) is 92.6 Å². The van der Waals surface area contributed by atoms with Gasteiger partial charge in [0.2, 0.25) is 0 Å². The van der Waals surface area contributed by atoms with Crippen LogP contribution in [-0.4, -0.2) is 24.6 Å². The zero-order valence-corrected chi connectivity index (χ0v) is 19.5. The molecule has 0 aromatic carbocycles. The molecule has 0 radical (unpaired) electrons. The van der Waals surface area contributed by atoms with E-state index in [2.05, 4.69) is 47.8 Å². The zero-order valence-electron chi connectivity index (χ0n) is 19.5. The van der Waals surface area contributed by atoms with Crippen molar-refractivity contribution < 1.29 is 19.1 Å². The number of rotatable bonds is 9. The van der Waals surface area contributed by atoms with Crippen LogP contribution >= 0.6 is 0 Å². The average molecular weight is 407 g/mol. The fraction of sp³-hybridized carbons (Fsp3) is 0.760. The van der Waals surface area contributed by atoms with Gasteiger partial charge >= 0.3 is 11.9 Å². The minimum atomic E-state index is -0.274. The topological polar surface area (TPSA) is 52.6 Å². The molecule has 4 nitrogen and oxygen atoms in total. The molecule has 2 saturated carbocycles. The van der Waals surface area contributed by atoms with E-state index in [1.165, 1.54) is 31.8 Å². The Morgan fingerprint density at radius 3 is 2.31 bits per heavy atom. The molecule has 0 amide bonds. The summed E-state index contributed by atoms with van der Waals surface area (Å²) in [5.41, 5.74) is 0.950. The maximum Gasteiger partial charge on any atom is 0.333 e. The zero-order chi connectivity index (χ0) is 22.2. The fourth-order valence-corrected chi connectivity index (χ4v) is 4.71. The Morgan fingerprint density at radius 1 is 1.24 bits per heavy atom. The van der Waals surface area contributed by atoms with E-state index in [1.807, 2.05) is 0 Å². The van der Waals surface area contributed by atoms with E-state index in [4.69, 9.17) is 9.47 Å². The lowest BCUT2D eigenvalue weighted by Gasteiger charge is -2.38. The summed E-state index contributed by atoms with van der Waals surface area (Å²) in [6.45, 7) is 20.4. The van der Waals surface area contributed by atoms with Crippen molar-refractivity contribution in [1.29, 1.82) is 0 Å². The van der Waals surface area contributed by atoms with Gasteiger partial charge in [0.05, 0.1) is 6.61 Å². The third kappa shape index (κ3) is 6.20. The average Bonchev–Trinajstić information content (AvgIpc) is 3.01. The summed E-state index contributed by atoms with van der Waals surface area (Å²) in [7, 11) is 0. The molecule has 2 bridgehead atoms. The van der Waals surface area contributed by atoms with Crippen molar-refractivity contribution in [3.63, 3.8) is 0 Å². The van der Waals surface area contributed by atoms with E-state index in [1.54, 1.807) is 6.92 Å². The largest absolute Gasteiger partial charge is 0.462 e. The quantitative estimate of drug-likeness (QED) is 0.335. The molecule has 4 atom stereocenters. The molecule has 2 aliphatic carbocycles. The van der Waals surface area contributed by atoms with Gasteiger partial charge in [0, 0.05) is 17.1 Å². The van der Waals surface area contributed by atoms with Gasteiger partial charge in [0.25, 0.3) is 0 Å². The third-order valence-electron chi connectivity index (χ3n) is 7.48. The highest BCUT2D eigenvalue weighted by molar-refractivity contribution is 5.86. The van der Waals surface area contributed by atoms with Crippen LogP contribution in [0.1, 0.15) is 86.5 Å². The molecule has 4 heteroatoms. The second kappa shape index (κ2) is 11.0. The maximum atomic E-state index is 11.3. The van der Waals surface area contributed by atoms with Crippen LogP contribution in [0, 0.1) is 22.7 Å². The van der Waals surface area contributed by atoms with E-state index in [9.17, 15) is 9.59 Å². The standard InChI is InChI=1S/C13H20O2.C12H22O2/c1-5-11(14)15-10-8-9-6-7-13(10,4)12(9,2)3;1-5-7-8-11(6-2)9-14-12(13)10(3)4/h5,9-10H,1,6-8H2,2-4H3;11H,3,5-9H2,1-2,4H3/t9-,10-,13+;/m0./s1. The number of esters is 2. The molecule has 166 valence electrons. The molecule has 0 aromatic heterocycles. The smallest absolute Gasteiger partial charge is 0.333 e. The van der Waals surface area contributed by atoms with Crippen molar-refractivity contribution in [3.8, 4) is 0 Å². The molecule has 0 spiro atoms.